The van der Waals surface area contributed by atoms with Crippen LogP contribution in [0.4, 0.5) is 9.59 Å². The van der Waals surface area contributed by atoms with E-state index in [2.05, 4.69) is 106 Å². The van der Waals surface area contributed by atoms with Crippen LogP contribution in [-0.4, -0.2) is 80.0 Å². The van der Waals surface area contributed by atoms with Gasteiger partial charge in [-0.05, 0) is 139 Å². The molecule has 0 spiro atoms. The first-order valence-corrected chi connectivity index (χ1v) is 30.1. The molecule has 4 heterocycles. The molecule has 2 saturated carbocycles. The number of nitrogens with one attached hydrogen (secondary N) is 4. The minimum Gasteiger partial charge on any atom is -0.453 e. The van der Waals surface area contributed by atoms with Crippen molar-refractivity contribution in [2.75, 3.05) is 14.2 Å². The second-order valence-electron chi connectivity index (χ2n) is 23.4. The van der Waals surface area contributed by atoms with Gasteiger partial charge in [-0.3, -0.25) is 9.59 Å². The zero-order chi connectivity index (χ0) is 57.7. The molecular weight excluding hydrogens is 1050 g/mol. The smallest absolute Gasteiger partial charge is 0.407 e. The molecule has 4 aliphatic carbocycles. The summed E-state index contributed by atoms with van der Waals surface area (Å²) in [6.45, 7) is 4.16. The van der Waals surface area contributed by atoms with Crippen LogP contribution < -0.4 is 10.6 Å². The fourth-order valence-electron chi connectivity index (χ4n) is 14.3. The first-order chi connectivity index (χ1) is 41.1. The molecule has 13 rings (SSSR count). The molecule has 4 fully saturated rings. The fraction of sp³-hybridized carbons (Fsp3) is 0.357. The van der Waals surface area contributed by atoms with Crippen molar-refractivity contribution in [3.63, 3.8) is 0 Å². The Morgan fingerprint density at radius 3 is 1.56 bits per heavy atom. The molecule has 2 aliphatic heterocycles. The number of benzene rings is 5. The van der Waals surface area contributed by atoms with Crippen molar-refractivity contribution in [2.45, 2.75) is 133 Å². The molecule has 2 bridgehead atoms. The zero-order valence-electron chi connectivity index (χ0n) is 48.0. The van der Waals surface area contributed by atoms with Gasteiger partial charge in [-0.1, -0.05) is 160 Å². The number of aromatic nitrogens is 4. The van der Waals surface area contributed by atoms with Crippen molar-refractivity contribution in [3.05, 3.63) is 203 Å². The zero-order valence-corrected chi connectivity index (χ0v) is 48.0. The highest BCUT2D eigenvalue weighted by atomic mass is 16.5. The molecule has 14 heteroatoms. The van der Waals surface area contributed by atoms with Gasteiger partial charge in [0.1, 0.15) is 23.7 Å². The fourth-order valence-corrected chi connectivity index (χ4v) is 14.3. The lowest BCUT2D eigenvalue weighted by Crippen LogP contribution is -2.47. The highest BCUT2D eigenvalue weighted by molar-refractivity contribution is 5.89. The van der Waals surface area contributed by atoms with Crippen LogP contribution in [0.5, 0.6) is 0 Å². The van der Waals surface area contributed by atoms with Gasteiger partial charge in [-0.2, -0.15) is 0 Å². The van der Waals surface area contributed by atoms with Gasteiger partial charge in [0.05, 0.1) is 37.7 Å². The molecule has 2 aromatic heterocycles. The number of H-pyrrole nitrogens is 2. The van der Waals surface area contributed by atoms with E-state index in [4.69, 9.17) is 19.4 Å². The van der Waals surface area contributed by atoms with Crippen molar-refractivity contribution in [1.29, 1.82) is 0 Å². The number of allylic oxidation sites excluding steroid dienone is 3. The summed E-state index contributed by atoms with van der Waals surface area (Å²) in [5, 5.41) is 5.68. The predicted molar refractivity (Wildman–Crippen MR) is 325 cm³/mol. The Labute approximate surface area is 491 Å². The van der Waals surface area contributed by atoms with E-state index in [9.17, 15) is 19.2 Å². The Morgan fingerprint density at radius 1 is 0.571 bits per heavy atom. The minimum absolute atomic E-state index is 0.0648. The summed E-state index contributed by atoms with van der Waals surface area (Å²) in [7, 11) is 2.63. The van der Waals surface area contributed by atoms with Crippen molar-refractivity contribution in [1.82, 2.24) is 40.4 Å². The number of aromatic amines is 2. The first kappa shape index (κ1) is 55.8. The van der Waals surface area contributed by atoms with Gasteiger partial charge in [0, 0.05) is 35.6 Å². The third kappa shape index (κ3) is 11.6. The van der Waals surface area contributed by atoms with Crippen LogP contribution in [0.3, 0.4) is 0 Å². The maximum absolute atomic E-state index is 14.7. The van der Waals surface area contributed by atoms with Crippen LogP contribution in [-0.2, 0) is 31.9 Å². The summed E-state index contributed by atoms with van der Waals surface area (Å²) in [5.74, 6) is 1.93. The topological polar surface area (TPSA) is 175 Å². The molecule has 84 heavy (non-hydrogen) atoms. The van der Waals surface area contributed by atoms with Gasteiger partial charge in [-0.25, -0.2) is 19.6 Å². The average molecular weight is 1120 g/mol. The van der Waals surface area contributed by atoms with Crippen molar-refractivity contribution < 1.29 is 28.7 Å². The number of carbonyl (C=O) groups is 4. The van der Waals surface area contributed by atoms with E-state index < -0.39 is 24.3 Å². The van der Waals surface area contributed by atoms with Crippen LogP contribution in [0, 0.1) is 11.8 Å². The molecule has 0 unspecified atom stereocenters. The highest BCUT2D eigenvalue weighted by Crippen LogP contribution is 2.49. The Balaban J connectivity index is 0.734. The second kappa shape index (κ2) is 25.0. The van der Waals surface area contributed by atoms with Crippen molar-refractivity contribution in [3.8, 4) is 33.6 Å². The maximum atomic E-state index is 14.7. The Hall–Kier alpha value is -8.74. The van der Waals surface area contributed by atoms with Crippen molar-refractivity contribution >= 4 is 29.6 Å². The summed E-state index contributed by atoms with van der Waals surface area (Å²) >= 11 is 0. The van der Waals surface area contributed by atoms with E-state index in [1.54, 1.807) is 0 Å². The van der Waals surface area contributed by atoms with E-state index in [1.807, 2.05) is 82.9 Å². The summed E-state index contributed by atoms with van der Waals surface area (Å²) in [6.07, 6.45) is 19.2. The SMILES string of the molecule is C=C=C1/C=C(/c2ccc(-c3c[nH]c([C@@H]4C[C@@H]5CCCC[C@@H]5N4C(=O)[C@@H](NC(=O)OC)c4ccccc4)n3)cc2)CCCc2ccc(c(-c3ccc(-c4c[nH]c([C@@H]5C[C@@H]6CCCC[C@@H]6N5C(=O)[C@@H](NC(=O)OC)c5ccccc5)n4)cc3)c2)CC1. The number of methoxy groups -OCH3 is 2. The number of amides is 4. The van der Waals surface area contributed by atoms with Crippen LogP contribution in [0.25, 0.3) is 39.2 Å². The molecule has 5 aromatic carbocycles. The number of rotatable bonds is 12. The molecule has 430 valence electrons. The van der Waals surface area contributed by atoms with E-state index >= 15 is 0 Å². The van der Waals surface area contributed by atoms with Gasteiger partial charge in [0.2, 0.25) is 0 Å². The largest absolute Gasteiger partial charge is 0.453 e. The van der Waals surface area contributed by atoms with E-state index in [0.717, 1.165) is 147 Å². The van der Waals surface area contributed by atoms with Gasteiger partial charge in [0.25, 0.3) is 11.8 Å². The van der Waals surface area contributed by atoms with E-state index in [-0.39, 0.29) is 36.0 Å². The normalized spacial score (nSPS) is 22.6. The lowest BCUT2D eigenvalue weighted by atomic mass is 9.84. The second-order valence-corrected chi connectivity index (χ2v) is 23.4. The third-order valence-electron chi connectivity index (χ3n) is 18.5. The summed E-state index contributed by atoms with van der Waals surface area (Å²) in [5.41, 5.74) is 16.7. The molecule has 6 aliphatic rings. The maximum Gasteiger partial charge on any atom is 0.407 e. The number of imidazole rings is 2. The summed E-state index contributed by atoms with van der Waals surface area (Å²) in [4.78, 5) is 76.1. The minimum atomic E-state index is -0.888. The van der Waals surface area contributed by atoms with Crippen LogP contribution in [0.1, 0.15) is 147 Å². The van der Waals surface area contributed by atoms with Gasteiger partial charge in [0.15, 0.2) is 0 Å². The number of hydrogen-bond acceptors (Lipinski definition) is 8. The summed E-state index contributed by atoms with van der Waals surface area (Å²) < 4.78 is 9.97. The molecule has 0 radical (unpaired) electrons. The first-order valence-electron chi connectivity index (χ1n) is 30.1. The Morgan fingerprint density at radius 2 is 1.06 bits per heavy atom. The number of likely N-dealkylation sites (tertiary alicyclic amines) is 2. The monoisotopic (exact) mass is 1120 g/mol. The number of aryl methyl sites for hydroxylation is 2. The number of alkyl carbamates (subject to hydrolysis) is 2. The van der Waals surface area contributed by atoms with Gasteiger partial charge in [-0.15, -0.1) is 5.73 Å². The number of fused-ring (bicyclic) bond motifs is 10. The number of ether oxygens (including phenoxy) is 2. The molecule has 4 N–H and O–H groups in total. The number of hydrogen-bond donors (Lipinski definition) is 4. The summed E-state index contributed by atoms with van der Waals surface area (Å²) in [6, 6.07) is 40.9. The number of carbonyl (C=O) groups excluding carboxylic acids is 4. The Bertz CT molecular complexity index is 3590. The van der Waals surface area contributed by atoms with Crippen molar-refractivity contribution in [2.24, 2.45) is 11.8 Å². The molecule has 7 aromatic rings. The molecule has 14 nitrogen and oxygen atoms in total. The standard InChI is InChI=1S/C70H74N8O6/c1-4-44-26-28-47-29-27-45(39-56(47)48-32-36-50(37-33-48)58-43-72-66(74-58)62-41-55-22-12-14-25-60(55)78(62)68(80)64(76-70(82)84-3)52-19-9-6-10-20-52)16-15-23-53(38-44)46-30-34-49(35-31-46)57-42-71-65(73-57)61-40-54-21-11-13-24-59(54)77(61)67(79)63(75-69(81)83-2)51-17-7-5-8-18-51/h5-10,17-20,27,29-39,42-43,54-55,59-64H,1,11-16,21-26,28,40-41H2,2-3H3,(H,71,73)(H,72,74)(H,75,81)(H,76,82)/b53-38+/t54-,55-,59-,60-,61-,62-,63-,64-/m0/s1. The third-order valence-corrected chi connectivity index (χ3v) is 18.5. The highest BCUT2D eigenvalue weighted by Gasteiger charge is 2.50. The Kier molecular flexibility index (Phi) is 16.6. The lowest BCUT2D eigenvalue weighted by Gasteiger charge is -2.36. The van der Waals surface area contributed by atoms with Crippen LogP contribution in [0.2, 0.25) is 0 Å². The van der Waals surface area contributed by atoms with Crippen LogP contribution in [0.15, 0.2) is 164 Å². The van der Waals surface area contributed by atoms with E-state index in [1.165, 1.54) is 36.5 Å². The molecular formula is C70H74N8O6. The molecule has 4 amide bonds. The molecule has 2 saturated heterocycles. The quantitative estimate of drug-likeness (QED) is 0.0875. The van der Waals surface area contributed by atoms with Crippen LogP contribution >= 0.6 is 0 Å². The lowest BCUT2D eigenvalue weighted by molar-refractivity contribution is -0.138. The van der Waals surface area contributed by atoms with E-state index in [0.29, 0.717) is 23.0 Å². The van der Waals surface area contributed by atoms with Gasteiger partial charge < -0.3 is 39.9 Å². The number of nitrogens with zero attached hydrogens (tertiary/aromatic N) is 4. The van der Waals surface area contributed by atoms with Gasteiger partial charge >= 0.3 is 12.2 Å². The average Bonchev–Trinajstić information content (AvgIpc) is 2.99. The molecule has 8 atom stereocenters. The predicted octanol–water partition coefficient (Wildman–Crippen LogP) is 14.1.